The number of carbonyl (C=O) groups excluding carboxylic acids is 1. The maximum Gasteiger partial charge on any atom is 0.234 e. The maximum atomic E-state index is 13.4. The summed E-state index contributed by atoms with van der Waals surface area (Å²) in [7, 11) is 0. The van der Waals surface area contributed by atoms with Crippen LogP contribution in [0, 0.1) is 5.92 Å². The van der Waals surface area contributed by atoms with Crippen LogP contribution in [0.25, 0.3) is 0 Å². The topological polar surface area (TPSA) is 38.1 Å². The minimum atomic E-state index is -0.227. The molecule has 4 rings (SSSR count). The number of piperidine rings is 1. The van der Waals surface area contributed by atoms with E-state index in [2.05, 4.69) is 29.4 Å². The first-order valence-corrected chi connectivity index (χ1v) is 9.67. The van der Waals surface area contributed by atoms with Gasteiger partial charge in [-0.05, 0) is 36.0 Å². The third-order valence-electron chi connectivity index (χ3n) is 5.44. The number of hydrogen-bond donors (Lipinski definition) is 0. The summed E-state index contributed by atoms with van der Waals surface area (Å²) in [5, 5.41) is 4.31. The molecule has 4 heteroatoms. The molecule has 4 nitrogen and oxygen atoms in total. The minimum Gasteiger partial charge on any atom is -0.342 e. The molecule has 2 heterocycles. The largest absolute Gasteiger partial charge is 0.342 e. The van der Waals surface area contributed by atoms with Gasteiger partial charge in [-0.15, -0.1) is 0 Å². The molecule has 1 aliphatic heterocycles. The van der Waals surface area contributed by atoms with Crippen molar-refractivity contribution in [2.45, 2.75) is 25.3 Å². The Bertz CT molecular complexity index is 798. The normalized spacial score (nSPS) is 15.2. The van der Waals surface area contributed by atoms with Crippen molar-refractivity contribution in [2.75, 3.05) is 13.1 Å². The fraction of sp³-hybridized carbons (Fsp3) is 0.304. The van der Waals surface area contributed by atoms with Gasteiger partial charge in [0.25, 0.3) is 0 Å². The van der Waals surface area contributed by atoms with Crippen LogP contribution in [-0.2, 0) is 11.3 Å². The number of benzene rings is 2. The highest BCUT2D eigenvalue weighted by Gasteiger charge is 2.30. The van der Waals surface area contributed by atoms with Crippen LogP contribution < -0.4 is 0 Å². The van der Waals surface area contributed by atoms with Crippen LogP contribution in [0.3, 0.4) is 0 Å². The monoisotopic (exact) mass is 359 g/mol. The van der Waals surface area contributed by atoms with Crippen molar-refractivity contribution in [3.63, 3.8) is 0 Å². The third kappa shape index (κ3) is 4.11. The van der Waals surface area contributed by atoms with Gasteiger partial charge in [-0.2, -0.15) is 5.10 Å². The van der Waals surface area contributed by atoms with Gasteiger partial charge in [0.05, 0.1) is 5.92 Å². The summed E-state index contributed by atoms with van der Waals surface area (Å²) >= 11 is 0. The Labute approximate surface area is 160 Å². The number of amides is 1. The number of rotatable bonds is 5. The van der Waals surface area contributed by atoms with Gasteiger partial charge in [-0.1, -0.05) is 60.7 Å². The predicted molar refractivity (Wildman–Crippen MR) is 106 cm³/mol. The van der Waals surface area contributed by atoms with Crippen molar-refractivity contribution in [3.05, 3.63) is 90.3 Å². The molecule has 0 N–H and O–H groups in total. The second-order valence-corrected chi connectivity index (χ2v) is 7.25. The lowest BCUT2D eigenvalue weighted by Gasteiger charge is -2.34. The average Bonchev–Trinajstić information content (AvgIpc) is 3.23. The summed E-state index contributed by atoms with van der Waals surface area (Å²) < 4.78 is 2.00. The molecule has 1 amide bonds. The molecule has 0 aliphatic carbocycles. The quantitative estimate of drug-likeness (QED) is 0.692. The SMILES string of the molecule is O=C(C(c1ccccc1)c1ccccc1)N1CCC(Cn2cccn2)CC1. The van der Waals surface area contributed by atoms with Crippen LogP contribution in [0.5, 0.6) is 0 Å². The number of aromatic nitrogens is 2. The van der Waals surface area contributed by atoms with Crippen molar-refractivity contribution < 1.29 is 4.79 Å². The van der Waals surface area contributed by atoms with Gasteiger partial charge in [0.1, 0.15) is 0 Å². The lowest BCUT2D eigenvalue weighted by atomic mass is 9.88. The molecule has 0 bridgehead atoms. The fourth-order valence-electron chi connectivity index (χ4n) is 3.96. The van der Waals surface area contributed by atoms with Crippen LogP contribution >= 0.6 is 0 Å². The summed E-state index contributed by atoms with van der Waals surface area (Å²) in [5.41, 5.74) is 2.12. The Hall–Kier alpha value is -2.88. The molecule has 1 aromatic heterocycles. The zero-order valence-electron chi connectivity index (χ0n) is 15.4. The summed E-state index contributed by atoms with van der Waals surface area (Å²) in [4.78, 5) is 15.5. The van der Waals surface area contributed by atoms with Crippen LogP contribution in [0.4, 0.5) is 0 Å². The van der Waals surface area contributed by atoms with Crippen LogP contribution in [-0.4, -0.2) is 33.7 Å². The molecule has 0 spiro atoms. The Morgan fingerprint density at radius 3 is 2.04 bits per heavy atom. The smallest absolute Gasteiger partial charge is 0.234 e. The molecule has 1 fully saturated rings. The molecular weight excluding hydrogens is 334 g/mol. The highest BCUT2D eigenvalue weighted by atomic mass is 16.2. The van der Waals surface area contributed by atoms with Crippen molar-refractivity contribution in [3.8, 4) is 0 Å². The van der Waals surface area contributed by atoms with Crippen molar-refractivity contribution in [1.29, 1.82) is 0 Å². The highest BCUT2D eigenvalue weighted by Crippen LogP contribution is 2.29. The first-order valence-electron chi connectivity index (χ1n) is 9.67. The minimum absolute atomic E-state index is 0.213. The number of carbonyl (C=O) groups is 1. The van der Waals surface area contributed by atoms with E-state index in [0.717, 1.165) is 43.6 Å². The number of hydrogen-bond acceptors (Lipinski definition) is 2. The second-order valence-electron chi connectivity index (χ2n) is 7.25. The zero-order chi connectivity index (χ0) is 18.5. The predicted octanol–water partition coefficient (Wildman–Crippen LogP) is 3.95. The lowest BCUT2D eigenvalue weighted by molar-refractivity contribution is -0.133. The van der Waals surface area contributed by atoms with E-state index in [9.17, 15) is 4.79 Å². The van der Waals surface area contributed by atoms with Gasteiger partial charge in [0.15, 0.2) is 0 Å². The van der Waals surface area contributed by atoms with Crippen molar-refractivity contribution in [1.82, 2.24) is 14.7 Å². The summed E-state index contributed by atoms with van der Waals surface area (Å²) in [6.45, 7) is 2.58. The van der Waals surface area contributed by atoms with Crippen LogP contribution in [0.15, 0.2) is 79.1 Å². The Morgan fingerprint density at radius 1 is 0.926 bits per heavy atom. The molecule has 27 heavy (non-hydrogen) atoms. The molecule has 0 unspecified atom stereocenters. The molecule has 2 aromatic carbocycles. The van der Waals surface area contributed by atoms with Crippen LogP contribution in [0.1, 0.15) is 29.9 Å². The van der Waals surface area contributed by atoms with E-state index in [1.54, 1.807) is 0 Å². The van der Waals surface area contributed by atoms with Gasteiger partial charge in [-0.25, -0.2) is 0 Å². The van der Waals surface area contributed by atoms with Gasteiger partial charge >= 0.3 is 0 Å². The van der Waals surface area contributed by atoms with E-state index in [4.69, 9.17) is 0 Å². The second kappa shape index (κ2) is 8.21. The Kier molecular flexibility index (Phi) is 5.33. The zero-order valence-corrected chi connectivity index (χ0v) is 15.4. The molecule has 3 aromatic rings. The van der Waals surface area contributed by atoms with E-state index >= 15 is 0 Å². The molecular formula is C23H25N3O. The maximum absolute atomic E-state index is 13.4. The standard InChI is InChI=1S/C23H25N3O/c27-23(25-16-12-19(13-17-25)18-26-15-7-14-24-26)22(20-8-3-1-4-9-20)21-10-5-2-6-11-21/h1-11,14-15,19,22H,12-13,16-18H2. The van der Waals surface area contributed by atoms with Gasteiger partial charge in [-0.3, -0.25) is 9.48 Å². The fourth-order valence-corrected chi connectivity index (χ4v) is 3.96. The molecule has 0 saturated carbocycles. The first-order chi connectivity index (χ1) is 13.3. The lowest BCUT2D eigenvalue weighted by Crippen LogP contribution is -2.42. The van der Waals surface area contributed by atoms with E-state index in [0.29, 0.717) is 5.92 Å². The molecule has 1 aliphatic rings. The van der Waals surface area contributed by atoms with Gasteiger partial charge in [0.2, 0.25) is 5.91 Å². The van der Waals surface area contributed by atoms with Crippen molar-refractivity contribution >= 4 is 5.91 Å². The summed E-state index contributed by atoms with van der Waals surface area (Å²) in [6.07, 6.45) is 5.89. The third-order valence-corrected chi connectivity index (χ3v) is 5.44. The molecule has 138 valence electrons. The average molecular weight is 359 g/mol. The highest BCUT2D eigenvalue weighted by molar-refractivity contribution is 5.87. The van der Waals surface area contributed by atoms with E-state index in [-0.39, 0.29) is 11.8 Å². The summed E-state index contributed by atoms with van der Waals surface area (Å²) in [5.74, 6) is 0.570. The van der Waals surface area contributed by atoms with Crippen molar-refractivity contribution in [2.24, 2.45) is 5.92 Å². The Morgan fingerprint density at radius 2 is 1.52 bits per heavy atom. The van der Waals surface area contributed by atoms with Gasteiger partial charge < -0.3 is 4.90 Å². The summed E-state index contributed by atoms with van der Waals surface area (Å²) in [6, 6.07) is 22.2. The number of nitrogens with zero attached hydrogens (tertiary/aromatic N) is 3. The molecule has 1 saturated heterocycles. The van der Waals surface area contributed by atoms with E-state index in [1.807, 2.05) is 64.4 Å². The van der Waals surface area contributed by atoms with Crippen LogP contribution in [0.2, 0.25) is 0 Å². The van der Waals surface area contributed by atoms with Gasteiger partial charge in [0, 0.05) is 32.0 Å². The Balaban J connectivity index is 1.48. The van der Waals surface area contributed by atoms with E-state index in [1.165, 1.54) is 0 Å². The molecule has 0 radical (unpaired) electrons. The van der Waals surface area contributed by atoms with E-state index < -0.39 is 0 Å². The first kappa shape index (κ1) is 17.5. The number of likely N-dealkylation sites (tertiary alicyclic amines) is 1. The molecule has 0 atom stereocenters.